The van der Waals surface area contributed by atoms with Crippen molar-refractivity contribution in [2.45, 2.75) is 6.92 Å². The van der Waals surface area contributed by atoms with Gasteiger partial charge in [0.25, 0.3) is 0 Å². The van der Waals surface area contributed by atoms with Crippen LogP contribution >= 0.6 is 11.6 Å². The van der Waals surface area contributed by atoms with Crippen LogP contribution in [0.1, 0.15) is 6.92 Å². The lowest BCUT2D eigenvalue weighted by atomic mass is 10.2. The first kappa shape index (κ1) is 14.2. The molecule has 0 bridgehead atoms. The first-order valence-electron chi connectivity index (χ1n) is 6.68. The topological polar surface area (TPSA) is 35.6 Å². The zero-order valence-corrected chi connectivity index (χ0v) is 12.0. The number of carbonyl (C=O) groups excluding carboxylic acids is 1. The highest BCUT2D eigenvalue weighted by Crippen LogP contribution is 2.20. The Morgan fingerprint density at radius 2 is 2.05 bits per heavy atom. The normalized spacial score (nSPS) is 16.4. The van der Waals surface area contributed by atoms with E-state index in [1.165, 1.54) is 0 Å². The fraction of sp³-hybridized carbons (Fsp3) is 0.500. The number of hydrogen-bond acceptors (Lipinski definition) is 3. The lowest BCUT2D eigenvalue weighted by molar-refractivity contribution is -0.122. The van der Waals surface area contributed by atoms with Crippen molar-refractivity contribution in [3.05, 3.63) is 29.3 Å². The minimum atomic E-state index is 0.110. The molecule has 1 N–H and O–H groups in total. The van der Waals surface area contributed by atoms with Gasteiger partial charge in [-0.1, -0.05) is 17.7 Å². The van der Waals surface area contributed by atoms with Crippen LogP contribution in [0.4, 0.5) is 5.69 Å². The van der Waals surface area contributed by atoms with Crippen LogP contribution in [-0.2, 0) is 4.79 Å². The van der Waals surface area contributed by atoms with Crippen LogP contribution in [-0.4, -0.2) is 50.1 Å². The highest BCUT2D eigenvalue weighted by atomic mass is 35.5. The van der Waals surface area contributed by atoms with Crippen molar-refractivity contribution in [1.82, 2.24) is 10.2 Å². The summed E-state index contributed by atoms with van der Waals surface area (Å²) in [6, 6.07) is 7.92. The van der Waals surface area contributed by atoms with Gasteiger partial charge in [-0.05, 0) is 25.1 Å². The third-order valence-corrected chi connectivity index (χ3v) is 3.52. The molecule has 0 aromatic heterocycles. The average molecular weight is 282 g/mol. The molecule has 1 amide bonds. The van der Waals surface area contributed by atoms with Crippen molar-refractivity contribution >= 4 is 23.2 Å². The second-order valence-corrected chi connectivity index (χ2v) is 5.13. The number of halogens is 1. The van der Waals surface area contributed by atoms with E-state index in [0.717, 1.165) is 36.9 Å². The number of benzene rings is 1. The van der Waals surface area contributed by atoms with Gasteiger partial charge in [-0.3, -0.25) is 9.69 Å². The van der Waals surface area contributed by atoms with Crippen LogP contribution in [0.15, 0.2) is 24.3 Å². The number of rotatable bonds is 4. The van der Waals surface area contributed by atoms with Gasteiger partial charge in [0.05, 0.1) is 6.54 Å². The Labute approximate surface area is 119 Å². The van der Waals surface area contributed by atoms with Crippen LogP contribution in [0.5, 0.6) is 0 Å². The molecule has 19 heavy (non-hydrogen) atoms. The van der Waals surface area contributed by atoms with Gasteiger partial charge in [-0.2, -0.15) is 0 Å². The summed E-state index contributed by atoms with van der Waals surface area (Å²) in [6.07, 6.45) is 0. The lowest BCUT2D eigenvalue weighted by Crippen LogP contribution is -2.49. The second-order valence-electron chi connectivity index (χ2n) is 4.70. The number of hydrogen-bond donors (Lipinski definition) is 1. The largest absolute Gasteiger partial charge is 0.369 e. The summed E-state index contributed by atoms with van der Waals surface area (Å²) >= 11 is 6.01. The molecule has 1 aromatic carbocycles. The van der Waals surface area contributed by atoms with Crippen molar-refractivity contribution in [2.24, 2.45) is 0 Å². The van der Waals surface area contributed by atoms with Crippen molar-refractivity contribution in [2.75, 3.05) is 44.2 Å². The van der Waals surface area contributed by atoms with E-state index in [1.807, 2.05) is 25.1 Å². The van der Waals surface area contributed by atoms with E-state index in [1.54, 1.807) is 0 Å². The van der Waals surface area contributed by atoms with Gasteiger partial charge < -0.3 is 10.2 Å². The highest BCUT2D eigenvalue weighted by molar-refractivity contribution is 6.30. The van der Waals surface area contributed by atoms with Gasteiger partial charge in [0.2, 0.25) is 5.91 Å². The Morgan fingerprint density at radius 3 is 2.68 bits per heavy atom. The molecule has 1 heterocycles. The van der Waals surface area contributed by atoms with E-state index in [9.17, 15) is 4.79 Å². The molecule has 1 aromatic rings. The zero-order chi connectivity index (χ0) is 13.7. The number of likely N-dealkylation sites (N-methyl/N-ethyl adjacent to an activating group) is 1. The van der Waals surface area contributed by atoms with Gasteiger partial charge in [0.1, 0.15) is 0 Å². The number of carbonyl (C=O) groups is 1. The molecule has 1 saturated heterocycles. The molecule has 1 aliphatic heterocycles. The molecule has 0 spiro atoms. The number of amides is 1. The van der Waals surface area contributed by atoms with E-state index in [0.29, 0.717) is 13.1 Å². The minimum Gasteiger partial charge on any atom is -0.369 e. The van der Waals surface area contributed by atoms with Crippen LogP contribution < -0.4 is 10.2 Å². The third-order valence-electron chi connectivity index (χ3n) is 3.29. The predicted molar refractivity (Wildman–Crippen MR) is 78.8 cm³/mol. The summed E-state index contributed by atoms with van der Waals surface area (Å²) in [5.74, 6) is 0.110. The number of nitrogens with zero attached hydrogens (tertiary/aromatic N) is 2. The predicted octanol–water partition coefficient (Wildman–Crippen LogP) is 1.60. The van der Waals surface area contributed by atoms with Crippen LogP contribution in [0.25, 0.3) is 0 Å². The Balaban J connectivity index is 1.84. The van der Waals surface area contributed by atoms with Gasteiger partial charge in [0.15, 0.2) is 0 Å². The molecule has 1 aliphatic rings. The quantitative estimate of drug-likeness (QED) is 0.911. The van der Waals surface area contributed by atoms with E-state index in [2.05, 4.69) is 21.2 Å². The summed E-state index contributed by atoms with van der Waals surface area (Å²) in [5, 5.41) is 3.60. The highest BCUT2D eigenvalue weighted by Gasteiger charge is 2.18. The molecule has 0 aliphatic carbocycles. The van der Waals surface area contributed by atoms with E-state index in [-0.39, 0.29) is 5.91 Å². The maximum atomic E-state index is 11.5. The monoisotopic (exact) mass is 281 g/mol. The summed E-state index contributed by atoms with van der Waals surface area (Å²) in [4.78, 5) is 16.0. The molecule has 1 fully saturated rings. The van der Waals surface area contributed by atoms with Crippen molar-refractivity contribution < 1.29 is 4.79 Å². The van der Waals surface area contributed by atoms with Crippen LogP contribution in [0.2, 0.25) is 5.02 Å². The van der Waals surface area contributed by atoms with E-state index >= 15 is 0 Å². The molecular formula is C14H20ClN3O. The van der Waals surface area contributed by atoms with E-state index < -0.39 is 0 Å². The summed E-state index contributed by atoms with van der Waals surface area (Å²) in [6.45, 7) is 6.81. The Hall–Kier alpha value is -1.26. The molecule has 0 saturated carbocycles. The number of anilines is 1. The molecule has 0 atom stereocenters. The van der Waals surface area contributed by atoms with Crippen molar-refractivity contribution in [3.8, 4) is 0 Å². The standard InChI is InChI=1S/C14H20ClN3O/c1-2-16-14(19)11-17-6-8-18(9-7-17)13-5-3-4-12(15)10-13/h3-5,10H,2,6-9,11H2,1H3,(H,16,19). The Kier molecular flexibility index (Phi) is 5.05. The van der Waals surface area contributed by atoms with Crippen molar-refractivity contribution in [1.29, 1.82) is 0 Å². The number of nitrogens with one attached hydrogen (secondary N) is 1. The fourth-order valence-electron chi connectivity index (χ4n) is 2.29. The third kappa shape index (κ3) is 4.11. The van der Waals surface area contributed by atoms with Gasteiger partial charge >= 0.3 is 0 Å². The molecule has 0 radical (unpaired) electrons. The Morgan fingerprint density at radius 1 is 1.32 bits per heavy atom. The van der Waals surface area contributed by atoms with Crippen molar-refractivity contribution in [3.63, 3.8) is 0 Å². The Bertz CT molecular complexity index is 430. The maximum absolute atomic E-state index is 11.5. The average Bonchev–Trinajstić information content (AvgIpc) is 2.40. The molecule has 4 nitrogen and oxygen atoms in total. The summed E-state index contributed by atoms with van der Waals surface area (Å²) < 4.78 is 0. The molecule has 5 heteroatoms. The number of piperazine rings is 1. The van der Waals surface area contributed by atoms with Crippen LogP contribution in [0.3, 0.4) is 0 Å². The molecule has 2 rings (SSSR count). The van der Waals surface area contributed by atoms with Gasteiger partial charge in [-0.15, -0.1) is 0 Å². The minimum absolute atomic E-state index is 0.110. The lowest BCUT2D eigenvalue weighted by Gasteiger charge is -2.35. The maximum Gasteiger partial charge on any atom is 0.234 e. The SMILES string of the molecule is CCNC(=O)CN1CCN(c2cccc(Cl)c2)CC1. The molecular weight excluding hydrogens is 262 g/mol. The summed E-state index contributed by atoms with van der Waals surface area (Å²) in [7, 11) is 0. The van der Waals surface area contributed by atoms with E-state index in [4.69, 9.17) is 11.6 Å². The first-order chi connectivity index (χ1) is 9.19. The zero-order valence-electron chi connectivity index (χ0n) is 11.2. The summed E-state index contributed by atoms with van der Waals surface area (Å²) in [5.41, 5.74) is 1.16. The smallest absolute Gasteiger partial charge is 0.234 e. The molecule has 104 valence electrons. The van der Waals surface area contributed by atoms with Gasteiger partial charge in [-0.25, -0.2) is 0 Å². The van der Waals surface area contributed by atoms with Crippen LogP contribution in [0, 0.1) is 0 Å². The second kappa shape index (κ2) is 6.78. The van der Waals surface area contributed by atoms with Gasteiger partial charge in [0, 0.05) is 43.4 Å². The molecule has 0 unspecified atom stereocenters. The first-order valence-corrected chi connectivity index (χ1v) is 7.06. The fourth-order valence-corrected chi connectivity index (χ4v) is 2.48.